The van der Waals surface area contributed by atoms with Crippen LogP contribution >= 0.6 is 0 Å². The third-order valence-corrected chi connectivity index (χ3v) is 2.80. The molecule has 0 bridgehead atoms. The summed E-state index contributed by atoms with van der Waals surface area (Å²) in [4.78, 5) is 20.7. The van der Waals surface area contributed by atoms with Crippen LogP contribution in [0.3, 0.4) is 0 Å². The zero-order valence-electron chi connectivity index (χ0n) is 5.27. The monoisotopic (exact) mass is 239 g/mol. The number of amides is 1. The second-order valence-electron chi connectivity index (χ2n) is 1.35. The molecule has 0 saturated carbocycles. The SMILES string of the molecule is CNC(=O)[I-][B]C(C)=O. The molecule has 0 fully saturated rings. The van der Waals surface area contributed by atoms with Crippen molar-refractivity contribution in [3.63, 3.8) is 0 Å². The van der Waals surface area contributed by atoms with Gasteiger partial charge < -0.3 is 0 Å². The van der Waals surface area contributed by atoms with Crippen molar-refractivity contribution in [2.24, 2.45) is 0 Å². The molecule has 0 aromatic heterocycles. The minimum atomic E-state index is -0.703. The first kappa shape index (κ1) is 8.93. The van der Waals surface area contributed by atoms with Crippen LogP contribution in [0.2, 0.25) is 0 Å². The Morgan fingerprint density at radius 2 is 2.11 bits per heavy atom. The van der Waals surface area contributed by atoms with E-state index in [2.05, 4.69) is 5.32 Å². The van der Waals surface area contributed by atoms with E-state index in [0.29, 0.717) is 0 Å². The van der Waals surface area contributed by atoms with E-state index < -0.39 is 21.0 Å². The van der Waals surface area contributed by atoms with Gasteiger partial charge in [-0.2, -0.15) is 0 Å². The van der Waals surface area contributed by atoms with Gasteiger partial charge in [0.2, 0.25) is 0 Å². The molecule has 0 aliphatic heterocycles. The second kappa shape index (κ2) is 4.78. The van der Waals surface area contributed by atoms with Crippen LogP contribution in [0, 0.1) is 0 Å². The Kier molecular flexibility index (Phi) is 4.75. The van der Waals surface area contributed by atoms with E-state index in [1.165, 1.54) is 12.1 Å². The minimum absolute atomic E-state index is 0.0219. The van der Waals surface area contributed by atoms with Gasteiger partial charge in [-0.05, 0) is 0 Å². The van der Waals surface area contributed by atoms with Crippen LogP contribution in [0.15, 0.2) is 0 Å². The van der Waals surface area contributed by atoms with E-state index in [-0.39, 0.29) is 9.60 Å². The van der Waals surface area contributed by atoms with Crippen LogP contribution in [0.1, 0.15) is 6.92 Å². The molecule has 5 heteroatoms. The molecule has 0 aliphatic rings. The molecule has 0 aromatic rings. The summed E-state index contributed by atoms with van der Waals surface area (Å²) >= 11 is -0.703. The van der Waals surface area contributed by atoms with Crippen LogP contribution in [-0.2, 0) is 4.79 Å². The van der Waals surface area contributed by atoms with Crippen molar-refractivity contribution >= 4 is 14.7 Å². The molecule has 9 heavy (non-hydrogen) atoms. The molecule has 0 saturated heterocycles. The molecule has 1 N–H and O–H groups in total. The number of halogens is 1. The normalized spacial score (nSPS) is 8.67. The fraction of sp³-hybridized carbons (Fsp3) is 0.500. The Bertz CT molecular complexity index is 128. The Hall–Kier alpha value is -0.0651. The van der Waals surface area contributed by atoms with Crippen LogP contribution < -0.4 is 26.3 Å². The second-order valence-corrected chi connectivity index (χ2v) is 3.58. The van der Waals surface area contributed by atoms with Gasteiger partial charge in [0.15, 0.2) is 0 Å². The molecule has 0 heterocycles. The van der Waals surface area contributed by atoms with Crippen LogP contribution in [-0.4, -0.2) is 21.8 Å². The molecule has 0 aliphatic carbocycles. The molecule has 3 nitrogen and oxygen atoms in total. The van der Waals surface area contributed by atoms with Gasteiger partial charge in [-0.15, -0.1) is 0 Å². The van der Waals surface area contributed by atoms with Gasteiger partial charge in [-0.1, -0.05) is 0 Å². The van der Waals surface area contributed by atoms with Gasteiger partial charge in [0, 0.05) is 0 Å². The van der Waals surface area contributed by atoms with E-state index >= 15 is 0 Å². The molecule has 51 valence electrons. The van der Waals surface area contributed by atoms with Crippen molar-refractivity contribution in [2.75, 3.05) is 7.05 Å². The number of carbonyl (C=O) groups is 2. The predicted octanol–water partition coefficient (Wildman–Crippen LogP) is -3.42. The first-order valence-corrected chi connectivity index (χ1v) is 4.68. The van der Waals surface area contributed by atoms with E-state index in [1.807, 2.05) is 0 Å². The number of carbonyl (C=O) groups excluding carboxylic acids is 2. The predicted molar refractivity (Wildman–Crippen MR) is 30.9 cm³/mol. The van der Waals surface area contributed by atoms with Crippen molar-refractivity contribution in [3.8, 4) is 0 Å². The Morgan fingerprint density at radius 3 is 2.44 bits per heavy atom. The van der Waals surface area contributed by atoms with Crippen LogP contribution in [0.25, 0.3) is 0 Å². The first-order chi connectivity index (χ1) is 4.16. The first-order valence-electron chi connectivity index (χ1n) is 2.35. The molecule has 1 radical (unpaired) electrons. The summed E-state index contributed by atoms with van der Waals surface area (Å²) in [6, 6.07) is 0. The third-order valence-electron chi connectivity index (χ3n) is 0.504. The van der Waals surface area contributed by atoms with E-state index in [4.69, 9.17) is 0 Å². The van der Waals surface area contributed by atoms with E-state index in [0.717, 1.165) is 0 Å². The van der Waals surface area contributed by atoms with E-state index in [1.54, 1.807) is 7.05 Å². The zero-order valence-corrected chi connectivity index (χ0v) is 7.43. The fourth-order valence-electron chi connectivity index (χ4n) is 0.181. The summed E-state index contributed by atoms with van der Waals surface area (Å²) in [7, 11) is 1.57. The topological polar surface area (TPSA) is 46.2 Å². The average Bonchev–Trinajstić information content (AvgIpc) is 1.83. The van der Waals surface area contributed by atoms with Gasteiger partial charge in [0.25, 0.3) is 0 Å². The van der Waals surface area contributed by atoms with Gasteiger partial charge in [0.05, 0.1) is 0 Å². The third kappa shape index (κ3) is 5.81. The molecule has 1 amide bonds. The summed E-state index contributed by atoms with van der Waals surface area (Å²) in [5.41, 5.74) is -0.0219. The summed E-state index contributed by atoms with van der Waals surface area (Å²) in [6.45, 7) is 1.45. The van der Waals surface area contributed by atoms with Gasteiger partial charge in [-0.25, -0.2) is 0 Å². The Balaban J connectivity index is 3.28. The maximum atomic E-state index is 10.5. The number of hydrogen-bond donors (Lipinski definition) is 1. The van der Waals surface area contributed by atoms with Crippen molar-refractivity contribution < 1.29 is 30.6 Å². The van der Waals surface area contributed by atoms with Gasteiger partial charge in [-0.3, -0.25) is 0 Å². The van der Waals surface area contributed by atoms with Gasteiger partial charge in [0.1, 0.15) is 0 Å². The Labute approximate surface area is 64.8 Å². The molecular formula is C4H7BINO2-. The van der Waals surface area contributed by atoms with E-state index in [9.17, 15) is 9.59 Å². The summed E-state index contributed by atoms with van der Waals surface area (Å²) in [6.07, 6.45) is 0. The molecule has 0 aromatic carbocycles. The van der Waals surface area contributed by atoms with Crippen LogP contribution in [0.5, 0.6) is 0 Å². The summed E-state index contributed by atoms with van der Waals surface area (Å²) in [5.74, 6) is 0. The van der Waals surface area contributed by atoms with Gasteiger partial charge >= 0.3 is 64.6 Å². The number of nitrogens with one attached hydrogen (secondary N) is 1. The van der Waals surface area contributed by atoms with Crippen molar-refractivity contribution in [1.29, 1.82) is 0 Å². The van der Waals surface area contributed by atoms with Crippen molar-refractivity contribution in [3.05, 3.63) is 0 Å². The molecular weight excluding hydrogens is 232 g/mol. The molecule has 0 spiro atoms. The molecule has 0 unspecified atom stereocenters. The standard InChI is InChI=1S/C4H7BINO2/c1-3(8)5-6-4(9)7-2/h1-2H3,(H,7,9)/q-1. The number of hydrogen-bond acceptors (Lipinski definition) is 2. The fourth-order valence-corrected chi connectivity index (χ4v) is 1.21. The summed E-state index contributed by atoms with van der Waals surface area (Å²) in [5, 5.41) is 3.90. The molecule has 0 atom stereocenters. The zero-order chi connectivity index (χ0) is 7.28. The van der Waals surface area contributed by atoms with Crippen LogP contribution in [0.4, 0.5) is 4.79 Å². The summed E-state index contributed by atoms with van der Waals surface area (Å²) < 4.78 is -0.0241. The quantitative estimate of drug-likeness (QED) is 0.241. The average molecular weight is 239 g/mol. The molecule has 0 rings (SSSR count). The maximum absolute atomic E-state index is 10.5. The van der Waals surface area contributed by atoms with Crippen molar-refractivity contribution in [1.82, 2.24) is 5.32 Å². The number of rotatable bonds is 3. The Morgan fingerprint density at radius 1 is 1.56 bits per heavy atom. The van der Waals surface area contributed by atoms with Crippen molar-refractivity contribution in [2.45, 2.75) is 6.92 Å².